The van der Waals surface area contributed by atoms with Crippen LogP contribution in [0.15, 0.2) is 23.1 Å². The first-order valence-corrected chi connectivity index (χ1v) is 10.2. The quantitative estimate of drug-likeness (QED) is 0.442. The number of sulfonamides is 1. The van der Waals surface area contributed by atoms with Crippen LogP contribution in [0.1, 0.15) is 29.6 Å². The number of carbonyl (C=O) groups is 1. The van der Waals surface area contributed by atoms with Crippen molar-refractivity contribution in [3.05, 3.63) is 28.8 Å². The molecule has 10 heteroatoms. The van der Waals surface area contributed by atoms with Crippen LogP contribution < -0.4 is 4.89 Å². The Balaban J connectivity index is 1.97. The zero-order chi connectivity index (χ0) is 19.2. The number of amides is 1. The van der Waals surface area contributed by atoms with Crippen molar-refractivity contribution in [2.45, 2.75) is 24.2 Å². The number of nitrogens with one attached hydrogen (secondary N) is 1. The van der Waals surface area contributed by atoms with E-state index in [1.165, 1.54) is 17.0 Å². The highest BCUT2D eigenvalue weighted by Crippen LogP contribution is 2.25. The van der Waals surface area contributed by atoms with E-state index in [4.69, 9.17) is 26.7 Å². The van der Waals surface area contributed by atoms with Crippen LogP contribution in [0.3, 0.4) is 0 Å². The minimum absolute atomic E-state index is 0.0115. The molecule has 2 rings (SSSR count). The van der Waals surface area contributed by atoms with Crippen LogP contribution in [0.2, 0.25) is 5.02 Å². The number of carbonyl (C=O) groups excluding carboxylic acids is 1. The summed E-state index contributed by atoms with van der Waals surface area (Å²) in [5, 5.41) is 17.4. The first-order valence-electron chi connectivity index (χ1n) is 8.32. The van der Waals surface area contributed by atoms with Gasteiger partial charge in [-0.15, -0.1) is 0 Å². The largest absolute Gasteiger partial charge is 0.394 e. The van der Waals surface area contributed by atoms with E-state index in [2.05, 4.69) is 0 Å². The van der Waals surface area contributed by atoms with E-state index in [9.17, 15) is 13.2 Å². The number of aliphatic hydroxyl groups excluding tert-OH is 1. The average molecular weight is 407 g/mol. The maximum atomic E-state index is 12.6. The summed E-state index contributed by atoms with van der Waals surface area (Å²) >= 11 is 5.86. The van der Waals surface area contributed by atoms with E-state index >= 15 is 0 Å². The lowest BCUT2D eigenvalue weighted by atomic mass is 9.93. The third kappa shape index (κ3) is 5.38. The summed E-state index contributed by atoms with van der Waals surface area (Å²) in [6.45, 7) is 2.09. The third-order valence-electron chi connectivity index (χ3n) is 4.40. The minimum atomic E-state index is -4.17. The molecule has 8 nitrogen and oxygen atoms in total. The summed E-state index contributed by atoms with van der Waals surface area (Å²) in [5.74, 6) is 0.184. The van der Waals surface area contributed by atoms with Gasteiger partial charge >= 0.3 is 0 Å². The summed E-state index contributed by atoms with van der Waals surface area (Å²) in [6.07, 6.45) is 2.56. The van der Waals surface area contributed by atoms with Crippen LogP contribution in [0, 0.1) is 5.92 Å². The van der Waals surface area contributed by atoms with E-state index < -0.39 is 10.0 Å². The number of rotatable bonds is 8. The van der Waals surface area contributed by atoms with Gasteiger partial charge in [0.25, 0.3) is 15.9 Å². The van der Waals surface area contributed by atoms with Gasteiger partial charge < -0.3 is 20.0 Å². The Morgan fingerprint density at radius 1 is 1.31 bits per heavy atom. The van der Waals surface area contributed by atoms with E-state index in [0.717, 1.165) is 25.3 Å². The first-order chi connectivity index (χ1) is 12.4. The van der Waals surface area contributed by atoms with Gasteiger partial charge in [0.05, 0.1) is 18.2 Å². The second-order valence-electron chi connectivity index (χ2n) is 6.10. The fourth-order valence-corrected chi connectivity index (χ4v) is 4.04. The fourth-order valence-electron chi connectivity index (χ4n) is 2.92. The Morgan fingerprint density at radius 3 is 2.62 bits per heavy atom. The number of aliphatic hydroxyl groups is 1. The van der Waals surface area contributed by atoms with Gasteiger partial charge in [0.15, 0.2) is 0 Å². The molecule has 1 heterocycles. The summed E-state index contributed by atoms with van der Waals surface area (Å²) in [7, 11) is -4.17. The lowest BCUT2D eigenvalue weighted by molar-refractivity contribution is 0.0606. The molecular formula is C16H23ClN2O6S. The van der Waals surface area contributed by atoms with Crippen molar-refractivity contribution in [1.82, 2.24) is 9.79 Å². The minimum Gasteiger partial charge on any atom is -0.394 e. The fraction of sp³-hybridized carbons (Fsp3) is 0.562. The van der Waals surface area contributed by atoms with Gasteiger partial charge in [-0.25, -0.2) is 8.42 Å². The highest BCUT2D eigenvalue weighted by Gasteiger charge is 2.25. The van der Waals surface area contributed by atoms with Crippen LogP contribution in [-0.2, 0) is 14.8 Å². The molecule has 0 unspecified atom stereocenters. The smallest absolute Gasteiger partial charge is 0.263 e. The third-order valence-corrected chi connectivity index (χ3v) is 5.99. The molecular weight excluding hydrogens is 384 g/mol. The maximum Gasteiger partial charge on any atom is 0.263 e. The van der Waals surface area contributed by atoms with Crippen molar-refractivity contribution in [3.63, 3.8) is 0 Å². The number of hydrogen-bond acceptors (Lipinski definition) is 6. The molecule has 1 saturated heterocycles. The van der Waals surface area contributed by atoms with Gasteiger partial charge in [0.2, 0.25) is 0 Å². The predicted octanol–water partition coefficient (Wildman–Crippen LogP) is 1.26. The van der Waals surface area contributed by atoms with Crippen molar-refractivity contribution in [2.24, 2.45) is 5.92 Å². The van der Waals surface area contributed by atoms with Crippen molar-refractivity contribution < 1.29 is 28.3 Å². The summed E-state index contributed by atoms with van der Waals surface area (Å²) in [5.41, 5.74) is 0.202. The van der Waals surface area contributed by atoms with Gasteiger partial charge in [-0.3, -0.25) is 4.79 Å². The molecule has 0 aromatic heterocycles. The predicted molar refractivity (Wildman–Crippen MR) is 94.7 cm³/mol. The van der Waals surface area contributed by atoms with Crippen molar-refractivity contribution in [1.29, 1.82) is 0 Å². The Bertz CT molecular complexity index is 719. The van der Waals surface area contributed by atoms with E-state index in [1.807, 2.05) is 0 Å². The molecule has 1 fully saturated rings. The highest BCUT2D eigenvalue weighted by atomic mass is 35.5. The molecule has 3 N–H and O–H groups in total. The summed E-state index contributed by atoms with van der Waals surface area (Å²) in [6, 6.07) is 3.96. The molecule has 1 aromatic carbocycles. The molecule has 0 atom stereocenters. The number of halogens is 1. The molecule has 0 aliphatic carbocycles. The number of nitrogens with zero attached hydrogens (tertiary/aromatic N) is 1. The topological polar surface area (TPSA) is 116 Å². The summed E-state index contributed by atoms with van der Waals surface area (Å²) in [4.78, 5) is 15.2. The molecule has 0 saturated carbocycles. The van der Waals surface area contributed by atoms with Crippen molar-refractivity contribution in [2.75, 3.05) is 32.9 Å². The lowest BCUT2D eigenvalue weighted by Crippen LogP contribution is -2.38. The van der Waals surface area contributed by atoms with Gasteiger partial charge in [0.1, 0.15) is 4.90 Å². The second kappa shape index (κ2) is 9.63. The first kappa shape index (κ1) is 21.1. The normalized spacial score (nSPS) is 16.0. The standard InChI is InChI=1S/C16H23ClN2O6S/c17-14-2-1-13(11-15(14)26(23,24)18-22)16(21)19-6-3-12(4-7-19)5-9-25-10-8-20/h1-2,11-12,18,20,22H,3-10H2. The zero-order valence-corrected chi connectivity index (χ0v) is 15.8. The Morgan fingerprint density at radius 2 is 2.00 bits per heavy atom. The molecule has 1 amide bonds. The number of benzene rings is 1. The Labute approximate surface area is 157 Å². The molecule has 26 heavy (non-hydrogen) atoms. The summed E-state index contributed by atoms with van der Waals surface area (Å²) < 4.78 is 28.8. The van der Waals surface area contributed by atoms with Crippen LogP contribution in [0.5, 0.6) is 0 Å². The van der Waals surface area contributed by atoms with Crippen LogP contribution in [-0.4, -0.2) is 62.4 Å². The Kier molecular flexibility index (Phi) is 7.81. The van der Waals surface area contributed by atoms with Gasteiger partial charge in [-0.2, -0.15) is 0 Å². The van der Waals surface area contributed by atoms with Gasteiger partial charge in [-0.05, 0) is 43.4 Å². The molecule has 0 radical (unpaired) electrons. The molecule has 0 bridgehead atoms. The number of piperidine rings is 1. The highest BCUT2D eigenvalue weighted by molar-refractivity contribution is 7.89. The number of likely N-dealkylation sites (tertiary alicyclic amines) is 1. The van der Waals surface area contributed by atoms with E-state index in [-0.39, 0.29) is 28.0 Å². The van der Waals surface area contributed by atoms with Crippen LogP contribution in [0.25, 0.3) is 0 Å². The zero-order valence-electron chi connectivity index (χ0n) is 14.2. The van der Waals surface area contributed by atoms with E-state index in [0.29, 0.717) is 32.2 Å². The molecule has 1 aromatic rings. The van der Waals surface area contributed by atoms with Gasteiger partial charge in [-0.1, -0.05) is 16.5 Å². The van der Waals surface area contributed by atoms with Crippen LogP contribution >= 0.6 is 11.6 Å². The Hall–Kier alpha value is -1.23. The van der Waals surface area contributed by atoms with Crippen molar-refractivity contribution in [3.8, 4) is 0 Å². The molecule has 1 aliphatic rings. The van der Waals surface area contributed by atoms with E-state index in [1.54, 1.807) is 4.90 Å². The van der Waals surface area contributed by atoms with Crippen molar-refractivity contribution >= 4 is 27.5 Å². The molecule has 0 spiro atoms. The number of hydrogen-bond donors (Lipinski definition) is 3. The number of ether oxygens (including phenoxy) is 1. The monoisotopic (exact) mass is 406 g/mol. The van der Waals surface area contributed by atoms with Gasteiger partial charge in [0, 0.05) is 25.3 Å². The average Bonchev–Trinajstić information content (AvgIpc) is 2.65. The maximum absolute atomic E-state index is 12.6. The molecule has 146 valence electrons. The lowest BCUT2D eigenvalue weighted by Gasteiger charge is -2.32. The second-order valence-corrected chi connectivity index (χ2v) is 8.14. The van der Waals surface area contributed by atoms with Crippen LogP contribution in [0.4, 0.5) is 0 Å². The SMILES string of the molecule is O=C(c1ccc(Cl)c(S(=O)(=O)NO)c1)N1CCC(CCOCCO)CC1. The molecule has 1 aliphatic heterocycles.